The number of hydrogen-bond acceptors (Lipinski definition) is 2. The molecule has 0 spiro atoms. The van der Waals surface area contributed by atoms with Crippen LogP contribution in [0.15, 0.2) is 24.3 Å². The summed E-state index contributed by atoms with van der Waals surface area (Å²) in [6.07, 6.45) is 0.555. The van der Waals surface area contributed by atoms with E-state index in [1.165, 1.54) is 0 Å². The van der Waals surface area contributed by atoms with Gasteiger partial charge in [-0.2, -0.15) is 0 Å². The maximum Gasteiger partial charge on any atom is 0.323 e. The number of anilines is 1. The Kier molecular flexibility index (Phi) is 4.21. The fourth-order valence-corrected chi connectivity index (χ4v) is 2.52. The van der Waals surface area contributed by atoms with E-state index in [4.69, 9.17) is 0 Å². The van der Waals surface area contributed by atoms with Crippen LogP contribution in [0.25, 0.3) is 0 Å². The highest BCUT2D eigenvalue weighted by Gasteiger charge is 2.38. The second kappa shape index (κ2) is 5.76. The van der Waals surface area contributed by atoms with Gasteiger partial charge in [0.25, 0.3) is 0 Å². The molecule has 0 aromatic heterocycles. The molecule has 1 unspecified atom stereocenters. The van der Waals surface area contributed by atoms with Crippen molar-refractivity contribution in [3.05, 3.63) is 29.8 Å². The second-order valence-corrected chi connectivity index (χ2v) is 6.29. The summed E-state index contributed by atoms with van der Waals surface area (Å²) in [5, 5.41) is 5.75. The van der Waals surface area contributed by atoms with Crippen molar-refractivity contribution in [2.75, 3.05) is 11.4 Å². The van der Waals surface area contributed by atoms with E-state index >= 15 is 0 Å². The first-order chi connectivity index (χ1) is 9.83. The van der Waals surface area contributed by atoms with Gasteiger partial charge in [-0.15, -0.1) is 0 Å². The number of benzene rings is 1. The molecule has 5 nitrogen and oxygen atoms in total. The lowest BCUT2D eigenvalue weighted by atomic mass is 10.1. The van der Waals surface area contributed by atoms with Crippen LogP contribution in [-0.2, 0) is 11.2 Å². The van der Waals surface area contributed by atoms with E-state index < -0.39 is 6.04 Å². The molecule has 1 aromatic rings. The molecule has 114 valence electrons. The number of fused-ring (bicyclic) bond motifs is 1. The van der Waals surface area contributed by atoms with Crippen LogP contribution < -0.4 is 15.5 Å². The Morgan fingerprint density at radius 1 is 1.29 bits per heavy atom. The number of hydrogen-bond donors (Lipinski definition) is 2. The Labute approximate surface area is 125 Å². The minimum absolute atomic E-state index is 0.113. The molecule has 0 radical (unpaired) electrons. The van der Waals surface area contributed by atoms with Gasteiger partial charge in [0.05, 0.1) is 0 Å². The lowest BCUT2D eigenvalue weighted by molar-refractivity contribution is -0.122. The van der Waals surface area contributed by atoms with E-state index in [2.05, 4.69) is 10.6 Å². The topological polar surface area (TPSA) is 61.4 Å². The van der Waals surface area contributed by atoms with Crippen molar-refractivity contribution in [1.29, 1.82) is 0 Å². The largest absolute Gasteiger partial charge is 0.355 e. The molecule has 0 aliphatic carbocycles. The summed E-state index contributed by atoms with van der Waals surface area (Å²) in [7, 11) is 0. The van der Waals surface area contributed by atoms with E-state index in [1.54, 1.807) is 4.90 Å². The lowest BCUT2D eigenvalue weighted by Gasteiger charge is -2.29. The van der Waals surface area contributed by atoms with Crippen molar-refractivity contribution in [2.45, 2.75) is 45.7 Å². The Morgan fingerprint density at radius 2 is 1.95 bits per heavy atom. The molecule has 21 heavy (non-hydrogen) atoms. The summed E-state index contributed by atoms with van der Waals surface area (Å²) in [4.78, 5) is 26.4. The first kappa shape index (κ1) is 15.4. The number of carbonyl (C=O) groups is 2. The lowest BCUT2D eigenvalue weighted by Crippen LogP contribution is -2.55. The Bertz CT molecular complexity index is 549. The predicted molar refractivity (Wildman–Crippen MR) is 83.4 cm³/mol. The van der Waals surface area contributed by atoms with Crippen molar-refractivity contribution in [1.82, 2.24) is 10.6 Å². The number of nitrogens with one attached hydrogen (secondary N) is 2. The van der Waals surface area contributed by atoms with Gasteiger partial charge < -0.3 is 10.6 Å². The molecule has 0 bridgehead atoms. The number of nitrogens with zero attached hydrogens (tertiary/aromatic N) is 1. The molecule has 0 saturated carbocycles. The number of urea groups is 1. The molecular formula is C16H23N3O2. The summed E-state index contributed by atoms with van der Waals surface area (Å²) < 4.78 is 0. The van der Waals surface area contributed by atoms with Crippen molar-refractivity contribution >= 4 is 17.6 Å². The fraction of sp³-hybridized carbons (Fsp3) is 0.500. The van der Waals surface area contributed by atoms with E-state index in [0.29, 0.717) is 13.0 Å². The first-order valence-corrected chi connectivity index (χ1v) is 7.30. The minimum atomic E-state index is -0.482. The molecule has 2 rings (SSSR count). The third-order valence-electron chi connectivity index (χ3n) is 3.33. The number of rotatable bonds is 2. The van der Waals surface area contributed by atoms with Gasteiger partial charge in [0.15, 0.2) is 0 Å². The van der Waals surface area contributed by atoms with E-state index in [0.717, 1.165) is 11.3 Å². The second-order valence-electron chi connectivity index (χ2n) is 6.29. The van der Waals surface area contributed by atoms with Crippen molar-refractivity contribution < 1.29 is 9.59 Å². The zero-order valence-electron chi connectivity index (χ0n) is 13.1. The third kappa shape index (κ3) is 3.35. The number of carbonyl (C=O) groups excluding carboxylic acids is 2. The third-order valence-corrected chi connectivity index (χ3v) is 3.33. The summed E-state index contributed by atoms with van der Waals surface area (Å²) in [5.41, 5.74) is 1.49. The van der Waals surface area contributed by atoms with Crippen molar-refractivity contribution in [2.24, 2.45) is 0 Å². The van der Waals surface area contributed by atoms with Gasteiger partial charge in [-0.1, -0.05) is 18.2 Å². The summed E-state index contributed by atoms with van der Waals surface area (Å²) >= 11 is 0. The Balaban J connectivity index is 2.31. The van der Waals surface area contributed by atoms with Crippen LogP contribution >= 0.6 is 0 Å². The van der Waals surface area contributed by atoms with Crippen molar-refractivity contribution in [3.8, 4) is 0 Å². The van der Waals surface area contributed by atoms with Crippen LogP contribution in [-0.4, -0.2) is 30.1 Å². The van der Waals surface area contributed by atoms with Gasteiger partial charge in [-0.3, -0.25) is 9.69 Å². The normalized spacial score (nSPS) is 17.3. The molecule has 1 atom stereocenters. The zero-order chi connectivity index (χ0) is 15.6. The van der Waals surface area contributed by atoms with Gasteiger partial charge in [0.2, 0.25) is 5.91 Å². The monoisotopic (exact) mass is 289 g/mol. The maximum absolute atomic E-state index is 12.6. The molecule has 2 N–H and O–H groups in total. The van der Waals surface area contributed by atoms with Crippen LogP contribution in [0.1, 0.15) is 33.3 Å². The van der Waals surface area contributed by atoms with Gasteiger partial charge in [-0.25, -0.2) is 4.79 Å². The number of likely N-dealkylation sites (N-methyl/N-ethyl adjacent to an activating group) is 1. The predicted octanol–water partition coefficient (Wildman–Crippen LogP) is 2.06. The molecule has 0 fully saturated rings. The molecule has 1 aliphatic heterocycles. The van der Waals surface area contributed by atoms with Gasteiger partial charge in [0.1, 0.15) is 6.04 Å². The summed E-state index contributed by atoms with van der Waals surface area (Å²) in [6, 6.07) is 6.95. The molecule has 1 aliphatic rings. The Morgan fingerprint density at radius 3 is 2.57 bits per heavy atom. The van der Waals surface area contributed by atoms with E-state index in [1.807, 2.05) is 52.0 Å². The maximum atomic E-state index is 12.6. The van der Waals surface area contributed by atoms with Crippen LogP contribution in [0.3, 0.4) is 0 Å². The van der Waals surface area contributed by atoms with E-state index in [9.17, 15) is 9.59 Å². The van der Waals surface area contributed by atoms with Gasteiger partial charge in [0, 0.05) is 24.2 Å². The quantitative estimate of drug-likeness (QED) is 0.875. The van der Waals surface area contributed by atoms with E-state index in [-0.39, 0.29) is 17.5 Å². The first-order valence-electron chi connectivity index (χ1n) is 7.30. The molecule has 1 aromatic carbocycles. The summed E-state index contributed by atoms with van der Waals surface area (Å²) in [6.45, 7) is 8.20. The van der Waals surface area contributed by atoms with Gasteiger partial charge >= 0.3 is 6.03 Å². The average molecular weight is 289 g/mol. The highest BCUT2D eigenvalue weighted by atomic mass is 16.2. The smallest absolute Gasteiger partial charge is 0.323 e. The molecular weight excluding hydrogens is 266 g/mol. The highest BCUT2D eigenvalue weighted by molar-refractivity contribution is 6.02. The fourth-order valence-electron chi connectivity index (χ4n) is 2.52. The van der Waals surface area contributed by atoms with Crippen LogP contribution in [0.5, 0.6) is 0 Å². The standard InChI is InChI=1S/C16H23N3O2/c1-5-17-14(20)13-10-11-8-6-7-9-12(11)19(13)15(21)18-16(2,3)4/h6-9,13H,5,10H2,1-4H3,(H,17,20)(H,18,21). The molecule has 0 saturated heterocycles. The average Bonchev–Trinajstić information content (AvgIpc) is 2.76. The highest BCUT2D eigenvalue weighted by Crippen LogP contribution is 2.32. The SMILES string of the molecule is CCNC(=O)C1Cc2ccccc2N1C(=O)NC(C)(C)C. The minimum Gasteiger partial charge on any atom is -0.355 e. The Hall–Kier alpha value is -2.04. The molecule has 5 heteroatoms. The van der Waals surface area contributed by atoms with Gasteiger partial charge in [-0.05, 0) is 39.3 Å². The zero-order valence-corrected chi connectivity index (χ0v) is 13.1. The van der Waals surface area contributed by atoms with Crippen LogP contribution in [0.2, 0.25) is 0 Å². The van der Waals surface area contributed by atoms with Crippen molar-refractivity contribution in [3.63, 3.8) is 0 Å². The van der Waals surface area contributed by atoms with Crippen LogP contribution in [0.4, 0.5) is 10.5 Å². The number of para-hydroxylation sites is 1. The number of amides is 3. The van der Waals surface area contributed by atoms with Crippen LogP contribution in [0, 0.1) is 0 Å². The summed E-state index contributed by atoms with van der Waals surface area (Å²) in [5.74, 6) is -0.113. The molecule has 1 heterocycles. The molecule has 3 amide bonds.